The second-order valence-electron chi connectivity index (χ2n) is 10.1. The van der Waals surface area contributed by atoms with Crippen LogP contribution in [0.5, 0.6) is 11.5 Å². The number of hydrogen-bond donors (Lipinski definition) is 2. The monoisotopic (exact) mass is 569 g/mol. The lowest BCUT2D eigenvalue weighted by molar-refractivity contribution is -0.144. The SMILES string of the molecule is COc1cc(CCCCCO[C@@H]2CCN([C@H](C(=O)O)c3cc(C(F)(F)F)cc(F)c3OC)C2)nc2c1CCCN2. The van der Waals surface area contributed by atoms with Crippen LogP contribution in [0.25, 0.3) is 0 Å². The van der Waals surface area contributed by atoms with Crippen LogP contribution in [0.3, 0.4) is 0 Å². The van der Waals surface area contributed by atoms with Gasteiger partial charge in [0.05, 0.1) is 25.9 Å². The molecule has 0 spiro atoms. The van der Waals surface area contributed by atoms with Gasteiger partial charge in [0.2, 0.25) is 0 Å². The van der Waals surface area contributed by atoms with Crippen LogP contribution in [0, 0.1) is 5.82 Å². The molecule has 220 valence electrons. The number of carboxylic acid groups (broad SMARTS) is 1. The van der Waals surface area contributed by atoms with Gasteiger partial charge in [0.25, 0.3) is 0 Å². The average Bonchev–Trinajstić information content (AvgIpc) is 3.37. The summed E-state index contributed by atoms with van der Waals surface area (Å²) in [6, 6.07) is 1.46. The predicted molar refractivity (Wildman–Crippen MR) is 139 cm³/mol. The summed E-state index contributed by atoms with van der Waals surface area (Å²) in [6.07, 6.45) is 0.829. The molecule has 0 bridgehead atoms. The number of fused-ring (bicyclic) bond motifs is 1. The second kappa shape index (κ2) is 13.0. The Kier molecular flexibility index (Phi) is 9.72. The van der Waals surface area contributed by atoms with Crippen LogP contribution < -0.4 is 14.8 Å². The van der Waals surface area contributed by atoms with Gasteiger partial charge in [-0.2, -0.15) is 13.2 Å². The smallest absolute Gasteiger partial charge is 0.416 e. The molecular weight excluding hydrogens is 534 g/mol. The van der Waals surface area contributed by atoms with E-state index >= 15 is 0 Å². The molecule has 3 heterocycles. The lowest BCUT2D eigenvalue weighted by atomic mass is 10.0. The first-order chi connectivity index (χ1) is 19.1. The normalized spacial score (nSPS) is 18.2. The molecule has 1 saturated heterocycles. The zero-order valence-electron chi connectivity index (χ0n) is 22.7. The van der Waals surface area contributed by atoms with Crippen molar-refractivity contribution in [1.29, 1.82) is 0 Å². The predicted octanol–water partition coefficient (Wildman–Crippen LogP) is 5.24. The number of unbranched alkanes of at least 4 members (excludes halogenated alkanes) is 2. The van der Waals surface area contributed by atoms with E-state index < -0.39 is 35.3 Å². The molecular formula is C28H35F4N3O5. The zero-order chi connectivity index (χ0) is 28.9. The largest absolute Gasteiger partial charge is 0.496 e. The molecule has 4 rings (SSSR count). The summed E-state index contributed by atoms with van der Waals surface area (Å²) in [7, 11) is 2.77. The van der Waals surface area contributed by atoms with Crippen LogP contribution in [0.4, 0.5) is 23.4 Å². The lowest BCUT2D eigenvalue weighted by Gasteiger charge is -2.27. The maximum absolute atomic E-state index is 14.4. The van der Waals surface area contributed by atoms with E-state index in [1.165, 1.54) is 4.90 Å². The Morgan fingerprint density at radius 2 is 2.00 bits per heavy atom. The van der Waals surface area contributed by atoms with Crippen molar-refractivity contribution in [1.82, 2.24) is 9.88 Å². The standard InChI is InChI=1S/C28H35F4N3O5/c1-38-23-15-18(34-26-20(23)8-6-10-33-26)7-4-3-5-12-40-19-9-11-35(16-19)24(27(36)37)21-13-17(28(30,31)32)14-22(29)25(21)39-2/h13-15,19,24H,3-12,16H2,1-2H3,(H,33,34)(H,36,37)/t19-,24+/m1/s1. The highest BCUT2D eigenvalue weighted by Crippen LogP contribution is 2.39. The van der Waals surface area contributed by atoms with Crippen molar-refractivity contribution in [3.05, 3.63) is 46.4 Å². The Morgan fingerprint density at radius 1 is 1.20 bits per heavy atom. The first-order valence-electron chi connectivity index (χ1n) is 13.5. The molecule has 0 amide bonds. The van der Waals surface area contributed by atoms with Crippen LogP contribution in [0.1, 0.15) is 60.5 Å². The Hall–Kier alpha value is -3.12. The number of methoxy groups -OCH3 is 2. The number of carbonyl (C=O) groups is 1. The minimum Gasteiger partial charge on any atom is -0.496 e. The number of anilines is 1. The van der Waals surface area contributed by atoms with Crippen molar-refractivity contribution in [2.24, 2.45) is 0 Å². The van der Waals surface area contributed by atoms with Gasteiger partial charge >= 0.3 is 12.1 Å². The summed E-state index contributed by atoms with van der Waals surface area (Å²) in [5.41, 5.74) is 0.460. The van der Waals surface area contributed by atoms with Crippen molar-refractivity contribution in [2.45, 2.75) is 63.3 Å². The summed E-state index contributed by atoms with van der Waals surface area (Å²) < 4.78 is 70.8. The minimum atomic E-state index is -4.83. The molecule has 0 aliphatic carbocycles. The number of aromatic nitrogens is 1. The van der Waals surface area contributed by atoms with E-state index in [0.717, 1.165) is 75.0 Å². The van der Waals surface area contributed by atoms with E-state index in [-0.39, 0.29) is 24.8 Å². The molecule has 0 saturated carbocycles. The van der Waals surface area contributed by atoms with Gasteiger partial charge in [0.1, 0.15) is 17.6 Å². The van der Waals surface area contributed by atoms with Gasteiger partial charge in [0.15, 0.2) is 11.6 Å². The Balaban J connectivity index is 1.28. The number of nitrogens with zero attached hydrogens (tertiary/aromatic N) is 2. The van der Waals surface area contributed by atoms with Crippen molar-refractivity contribution in [3.63, 3.8) is 0 Å². The van der Waals surface area contributed by atoms with Gasteiger partial charge in [-0.25, -0.2) is 9.37 Å². The molecule has 12 heteroatoms. The van der Waals surface area contributed by atoms with E-state index in [0.29, 0.717) is 25.2 Å². The highest BCUT2D eigenvalue weighted by Gasteiger charge is 2.39. The zero-order valence-corrected chi connectivity index (χ0v) is 22.7. The molecule has 40 heavy (non-hydrogen) atoms. The number of likely N-dealkylation sites (tertiary alicyclic amines) is 1. The fraction of sp³-hybridized carbons (Fsp3) is 0.571. The molecule has 8 nitrogen and oxygen atoms in total. The third kappa shape index (κ3) is 6.95. The average molecular weight is 570 g/mol. The molecule has 0 radical (unpaired) electrons. The summed E-state index contributed by atoms with van der Waals surface area (Å²) in [4.78, 5) is 18.4. The van der Waals surface area contributed by atoms with E-state index in [2.05, 4.69) is 5.32 Å². The summed E-state index contributed by atoms with van der Waals surface area (Å²) >= 11 is 0. The molecule has 1 aromatic heterocycles. The van der Waals surface area contributed by atoms with Crippen molar-refractivity contribution >= 4 is 11.8 Å². The van der Waals surface area contributed by atoms with Gasteiger partial charge in [-0.15, -0.1) is 0 Å². The number of carboxylic acids is 1. The molecule has 2 N–H and O–H groups in total. The number of halogens is 4. The van der Waals surface area contributed by atoms with Gasteiger partial charge in [-0.3, -0.25) is 9.69 Å². The van der Waals surface area contributed by atoms with Gasteiger partial charge < -0.3 is 24.6 Å². The third-order valence-corrected chi connectivity index (χ3v) is 7.36. The number of alkyl halides is 3. The second-order valence-corrected chi connectivity index (χ2v) is 10.1. The molecule has 1 aromatic carbocycles. The van der Waals surface area contributed by atoms with Crippen LogP contribution in [-0.2, 0) is 28.5 Å². The maximum Gasteiger partial charge on any atom is 0.416 e. The Labute approximate surface area is 230 Å². The first-order valence-corrected chi connectivity index (χ1v) is 13.5. The first kappa shape index (κ1) is 29.9. The number of benzene rings is 1. The molecule has 1 fully saturated rings. The number of aliphatic carboxylic acids is 1. The maximum atomic E-state index is 14.4. The summed E-state index contributed by atoms with van der Waals surface area (Å²) in [5.74, 6) is -1.39. The fourth-order valence-corrected chi connectivity index (χ4v) is 5.41. The molecule has 2 atom stereocenters. The van der Waals surface area contributed by atoms with Gasteiger partial charge in [0, 0.05) is 49.1 Å². The van der Waals surface area contributed by atoms with Crippen LogP contribution >= 0.6 is 0 Å². The van der Waals surface area contributed by atoms with E-state index in [1.807, 2.05) is 6.07 Å². The fourth-order valence-electron chi connectivity index (χ4n) is 5.41. The molecule has 2 aliphatic rings. The van der Waals surface area contributed by atoms with Crippen molar-refractivity contribution in [2.75, 3.05) is 45.8 Å². The quantitative estimate of drug-likeness (QED) is 0.265. The van der Waals surface area contributed by atoms with E-state index in [1.54, 1.807) is 7.11 Å². The van der Waals surface area contributed by atoms with Gasteiger partial charge in [-0.1, -0.05) is 6.42 Å². The molecule has 2 aromatic rings. The highest BCUT2D eigenvalue weighted by atomic mass is 19.4. The van der Waals surface area contributed by atoms with Crippen molar-refractivity contribution in [3.8, 4) is 11.5 Å². The number of rotatable bonds is 12. The number of ether oxygens (including phenoxy) is 3. The highest BCUT2D eigenvalue weighted by molar-refractivity contribution is 5.77. The topological polar surface area (TPSA) is 93.2 Å². The van der Waals surface area contributed by atoms with E-state index in [4.69, 9.17) is 19.2 Å². The number of hydrogen-bond acceptors (Lipinski definition) is 7. The Bertz CT molecular complexity index is 1180. The van der Waals surface area contributed by atoms with Crippen LogP contribution in [0.15, 0.2) is 18.2 Å². The van der Waals surface area contributed by atoms with Crippen LogP contribution in [0.2, 0.25) is 0 Å². The molecule has 2 aliphatic heterocycles. The number of aryl methyl sites for hydroxylation is 1. The number of nitrogens with one attached hydrogen (secondary N) is 1. The molecule has 0 unspecified atom stereocenters. The number of pyridine rings is 1. The van der Waals surface area contributed by atoms with Gasteiger partial charge in [-0.05, 0) is 50.7 Å². The minimum absolute atomic E-state index is 0.198. The summed E-state index contributed by atoms with van der Waals surface area (Å²) in [6.45, 7) is 1.85. The summed E-state index contributed by atoms with van der Waals surface area (Å²) in [5, 5.41) is 13.2. The Morgan fingerprint density at radius 3 is 2.70 bits per heavy atom. The van der Waals surface area contributed by atoms with Crippen LogP contribution in [-0.4, -0.2) is 67.5 Å². The van der Waals surface area contributed by atoms with Crippen molar-refractivity contribution < 1.29 is 41.7 Å². The third-order valence-electron chi connectivity index (χ3n) is 7.36. The van der Waals surface area contributed by atoms with E-state index in [9.17, 15) is 27.5 Å². The lowest BCUT2D eigenvalue weighted by Crippen LogP contribution is -2.34.